The van der Waals surface area contributed by atoms with E-state index in [-0.39, 0.29) is 24.5 Å². The van der Waals surface area contributed by atoms with Crippen LogP contribution in [0.25, 0.3) is 16.9 Å². The SMILES string of the molecule is COc1ccc(C(=O)N(CC(=O)Nc2nc(-c3ccc(Cl)cc3)cn2-c2ccc(C)cc2)C[C@H]2CCCO2)cc1. The fourth-order valence-electron chi connectivity index (χ4n) is 4.64. The van der Waals surface area contributed by atoms with Crippen LogP contribution >= 0.6 is 11.6 Å². The molecule has 1 aromatic heterocycles. The fourth-order valence-corrected chi connectivity index (χ4v) is 4.76. The van der Waals surface area contributed by atoms with Gasteiger partial charge in [-0.25, -0.2) is 4.98 Å². The first-order valence-corrected chi connectivity index (χ1v) is 13.5. The lowest BCUT2D eigenvalue weighted by molar-refractivity contribution is -0.117. The Bertz CT molecular complexity index is 1460. The molecular weight excluding hydrogens is 528 g/mol. The number of halogens is 1. The number of ether oxygens (including phenoxy) is 2. The van der Waals surface area contributed by atoms with Crippen LogP contribution in [0.2, 0.25) is 5.02 Å². The molecule has 9 heteroatoms. The van der Waals surface area contributed by atoms with Crippen LogP contribution in [0.1, 0.15) is 28.8 Å². The Morgan fingerprint density at radius 2 is 1.80 bits per heavy atom. The Kier molecular flexibility index (Phi) is 8.48. The molecule has 1 N–H and O–H groups in total. The molecule has 40 heavy (non-hydrogen) atoms. The molecule has 3 aromatic carbocycles. The topological polar surface area (TPSA) is 85.7 Å². The molecule has 1 fully saturated rings. The molecule has 0 bridgehead atoms. The Balaban J connectivity index is 1.40. The standard InChI is InChI=1S/C31H31ClN4O4/c1-21-5-13-25(14-6-21)36-19-28(22-7-11-24(32)12-8-22)33-31(36)34-29(37)20-35(18-27-4-3-17-40-27)30(38)23-9-15-26(39-2)16-10-23/h5-16,19,27H,3-4,17-18,20H2,1-2H3,(H,33,34,37)/t27-/m1/s1. The summed E-state index contributed by atoms with van der Waals surface area (Å²) < 4.78 is 12.8. The zero-order valence-electron chi connectivity index (χ0n) is 22.5. The number of benzene rings is 3. The van der Waals surface area contributed by atoms with Crippen LogP contribution in [0.4, 0.5) is 5.95 Å². The summed E-state index contributed by atoms with van der Waals surface area (Å²) in [5.74, 6) is 0.394. The van der Waals surface area contributed by atoms with E-state index in [9.17, 15) is 9.59 Å². The van der Waals surface area contributed by atoms with Gasteiger partial charge in [-0.15, -0.1) is 0 Å². The van der Waals surface area contributed by atoms with Gasteiger partial charge < -0.3 is 14.4 Å². The monoisotopic (exact) mass is 558 g/mol. The molecule has 0 aliphatic carbocycles. The Labute approximate surface area is 238 Å². The number of anilines is 1. The van der Waals surface area contributed by atoms with Crippen LogP contribution in [0.15, 0.2) is 79.0 Å². The van der Waals surface area contributed by atoms with Gasteiger partial charge in [-0.3, -0.25) is 19.5 Å². The molecule has 1 atom stereocenters. The lowest BCUT2D eigenvalue weighted by Crippen LogP contribution is -2.42. The zero-order valence-corrected chi connectivity index (χ0v) is 23.2. The lowest BCUT2D eigenvalue weighted by atomic mass is 10.1. The smallest absolute Gasteiger partial charge is 0.254 e. The lowest BCUT2D eigenvalue weighted by Gasteiger charge is -2.25. The van der Waals surface area contributed by atoms with Crippen molar-refractivity contribution < 1.29 is 19.1 Å². The van der Waals surface area contributed by atoms with E-state index in [1.165, 1.54) is 4.90 Å². The first-order valence-electron chi connectivity index (χ1n) is 13.2. The van der Waals surface area contributed by atoms with Gasteiger partial charge in [-0.1, -0.05) is 41.4 Å². The molecular formula is C31H31ClN4O4. The number of hydrogen-bond acceptors (Lipinski definition) is 5. The van der Waals surface area contributed by atoms with Crippen LogP contribution in [0.3, 0.4) is 0 Å². The number of carbonyl (C=O) groups excluding carboxylic acids is 2. The van der Waals surface area contributed by atoms with E-state index in [1.807, 2.05) is 54.1 Å². The third kappa shape index (κ3) is 6.52. The predicted molar refractivity (Wildman–Crippen MR) is 155 cm³/mol. The van der Waals surface area contributed by atoms with Crippen molar-refractivity contribution in [2.75, 3.05) is 32.1 Å². The quantitative estimate of drug-likeness (QED) is 0.282. The van der Waals surface area contributed by atoms with Gasteiger partial charge in [-0.2, -0.15) is 0 Å². The van der Waals surface area contributed by atoms with Crippen molar-refractivity contribution in [2.24, 2.45) is 0 Å². The second-order valence-corrected chi connectivity index (χ2v) is 10.2. The molecule has 1 aliphatic rings. The second-order valence-electron chi connectivity index (χ2n) is 9.76. The summed E-state index contributed by atoms with van der Waals surface area (Å²) in [6, 6.07) is 22.2. The highest BCUT2D eigenvalue weighted by Gasteiger charge is 2.26. The molecule has 1 saturated heterocycles. The maximum atomic E-state index is 13.5. The van der Waals surface area contributed by atoms with Gasteiger partial charge in [-0.05, 0) is 68.3 Å². The van der Waals surface area contributed by atoms with E-state index in [4.69, 9.17) is 26.1 Å². The first-order chi connectivity index (χ1) is 19.4. The van der Waals surface area contributed by atoms with Crippen LogP contribution in [-0.4, -0.2) is 59.2 Å². The van der Waals surface area contributed by atoms with Crippen LogP contribution in [0, 0.1) is 6.92 Å². The fraction of sp³-hybridized carbons (Fsp3) is 0.258. The number of hydrogen-bond donors (Lipinski definition) is 1. The van der Waals surface area contributed by atoms with E-state index < -0.39 is 0 Å². The maximum absolute atomic E-state index is 13.5. The highest BCUT2D eigenvalue weighted by Crippen LogP contribution is 2.26. The van der Waals surface area contributed by atoms with Gasteiger partial charge in [0.2, 0.25) is 11.9 Å². The van der Waals surface area contributed by atoms with Crippen LogP contribution < -0.4 is 10.1 Å². The van der Waals surface area contributed by atoms with E-state index in [0.29, 0.717) is 41.1 Å². The molecule has 0 spiro atoms. The normalized spacial score (nSPS) is 14.6. The average molecular weight is 559 g/mol. The Morgan fingerprint density at radius 1 is 1.07 bits per heavy atom. The Hall–Kier alpha value is -4.14. The second kappa shape index (κ2) is 12.4. The summed E-state index contributed by atoms with van der Waals surface area (Å²) in [5, 5.41) is 3.57. The average Bonchev–Trinajstić information content (AvgIpc) is 3.63. The molecule has 8 nitrogen and oxygen atoms in total. The van der Waals surface area contributed by atoms with E-state index >= 15 is 0 Å². The highest BCUT2D eigenvalue weighted by molar-refractivity contribution is 6.30. The van der Waals surface area contributed by atoms with Gasteiger partial charge in [0.25, 0.3) is 5.91 Å². The minimum absolute atomic E-state index is 0.110. The van der Waals surface area contributed by atoms with Crippen molar-refractivity contribution in [3.05, 3.63) is 95.1 Å². The molecule has 2 amide bonds. The maximum Gasteiger partial charge on any atom is 0.254 e. The van der Waals surface area contributed by atoms with Gasteiger partial charge >= 0.3 is 0 Å². The van der Waals surface area contributed by atoms with Crippen LogP contribution in [-0.2, 0) is 9.53 Å². The number of nitrogens with one attached hydrogen (secondary N) is 1. The minimum atomic E-state index is -0.360. The number of imidazole rings is 1. The number of carbonyl (C=O) groups is 2. The van der Waals surface area contributed by atoms with E-state index in [0.717, 1.165) is 29.7 Å². The summed E-state index contributed by atoms with van der Waals surface area (Å²) in [5.41, 5.74) is 3.98. The summed E-state index contributed by atoms with van der Waals surface area (Å²) >= 11 is 6.08. The van der Waals surface area contributed by atoms with Crippen molar-refractivity contribution >= 4 is 29.4 Å². The van der Waals surface area contributed by atoms with Crippen molar-refractivity contribution in [1.82, 2.24) is 14.5 Å². The number of methoxy groups -OCH3 is 1. The summed E-state index contributed by atoms with van der Waals surface area (Å²) in [6.45, 7) is 2.84. The molecule has 2 heterocycles. The number of rotatable bonds is 9. The first kappa shape index (κ1) is 27.4. The summed E-state index contributed by atoms with van der Waals surface area (Å²) in [6.07, 6.45) is 3.54. The van der Waals surface area contributed by atoms with Gasteiger partial charge in [0.05, 0.1) is 18.9 Å². The van der Waals surface area contributed by atoms with E-state index in [2.05, 4.69) is 5.32 Å². The van der Waals surface area contributed by atoms with Crippen LogP contribution in [0.5, 0.6) is 5.75 Å². The van der Waals surface area contributed by atoms with Gasteiger partial charge in [0.15, 0.2) is 0 Å². The molecule has 0 unspecified atom stereocenters. The van der Waals surface area contributed by atoms with Crippen molar-refractivity contribution in [3.63, 3.8) is 0 Å². The third-order valence-corrected chi connectivity index (χ3v) is 7.07. The molecule has 0 saturated carbocycles. The number of amides is 2. The zero-order chi connectivity index (χ0) is 28.1. The van der Waals surface area contributed by atoms with Crippen molar-refractivity contribution in [1.29, 1.82) is 0 Å². The third-order valence-electron chi connectivity index (χ3n) is 6.82. The van der Waals surface area contributed by atoms with Crippen molar-refractivity contribution in [3.8, 4) is 22.7 Å². The summed E-state index contributed by atoms with van der Waals surface area (Å²) in [7, 11) is 1.57. The predicted octanol–water partition coefficient (Wildman–Crippen LogP) is 5.77. The largest absolute Gasteiger partial charge is 0.497 e. The van der Waals surface area contributed by atoms with Crippen molar-refractivity contribution in [2.45, 2.75) is 25.9 Å². The Morgan fingerprint density at radius 3 is 2.45 bits per heavy atom. The number of aryl methyl sites for hydroxylation is 1. The highest BCUT2D eigenvalue weighted by atomic mass is 35.5. The van der Waals surface area contributed by atoms with Gasteiger partial charge in [0.1, 0.15) is 12.3 Å². The number of nitrogens with zero attached hydrogens (tertiary/aromatic N) is 3. The number of aromatic nitrogens is 2. The molecule has 206 valence electrons. The molecule has 1 aliphatic heterocycles. The summed E-state index contributed by atoms with van der Waals surface area (Å²) in [4.78, 5) is 33.2. The van der Waals surface area contributed by atoms with Gasteiger partial charge in [0, 0.05) is 41.2 Å². The molecule has 5 rings (SSSR count). The molecule has 0 radical (unpaired) electrons. The molecule has 4 aromatic rings. The minimum Gasteiger partial charge on any atom is -0.497 e. The van der Waals surface area contributed by atoms with E-state index in [1.54, 1.807) is 43.5 Å².